The average Bonchev–Trinajstić information content (AvgIpc) is 3.00. The number of ether oxygens (including phenoxy) is 1. The number of hydrogen-bond donors (Lipinski definition) is 2. The number of aliphatic hydroxyl groups excluding tert-OH is 1. The van der Waals surface area contributed by atoms with Crippen molar-refractivity contribution in [3.05, 3.63) is 23.8 Å². The maximum atomic E-state index is 13.4. The Balaban J connectivity index is 1.64. The SMILES string of the molecule is C[C@@H]1C[C@H]2[C@@H]3C[C@@H](OO)C4=CC(=O)C=C[C@]4(C)[C@H]3[C@@H](O)C[C@]2(C)[C@H]1C(=O)COC(=O)C(C)(C)C. The van der Waals surface area contributed by atoms with E-state index in [9.17, 15) is 24.7 Å². The lowest BCUT2D eigenvalue weighted by atomic mass is 9.46. The van der Waals surface area contributed by atoms with Crippen LogP contribution in [0, 0.1) is 45.8 Å². The fraction of sp³-hybridized carbons (Fsp3) is 0.741. The van der Waals surface area contributed by atoms with Gasteiger partial charge in [0.2, 0.25) is 0 Å². The number of aliphatic hydroxyl groups is 1. The van der Waals surface area contributed by atoms with Gasteiger partial charge in [0, 0.05) is 17.3 Å². The molecular formula is C27H38O7. The van der Waals surface area contributed by atoms with Gasteiger partial charge in [0.1, 0.15) is 12.7 Å². The van der Waals surface area contributed by atoms with Crippen LogP contribution < -0.4 is 0 Å². The molecule has 0 aromatic carbocycles. The molecule has 0 radical (unpaired) electrons. The Labute approximate surface area is 201 Å². The molecule has 0 heterocycles. The first-order valence-electron chi connectivity index (χ1n) is 12.4. The van der Waals surface area contributed by atoms with Gasteiger partial charge in [0.05, 0.1) is 11.5 Å². The molecule has 0 aromatic rings. The van der Waals surface area contributed by atoms with E-state index in [4.69, 9.17) is 9.62 Å². The molecular weight excluding hydrogens is 436 g/mol. The Kier molecular flexibility index (Phi) is 6.23. The summed E-state index contributed by atoms with van der Waals surface area (Å²) in [6.07, 6.45) is 5.35. The summed E-state index contributed by atoms with van der Waals surface area (Å²) in [6.45, 7) is 11.2. The van der Waals surface area contributed by atoms with Crippen LogP contribution in [0.5, 0.6) is 0 Å². The lowest BCUT2D eigenvalue weighted by Gasteiger charge is -2.59. The van der Waals surface area contributed by atoms with Crippen molar-refractivity contribution < 1.29 is 34.4 Å². The summed E-state index contributed by atoms with van der Waals surface area (Å²) in [7, 11) is 0. The van der Waals surface area contributed by atoms with Gasteiger partial charge in [-0.1, -0.05) is 26.8 Å². The molecule has 7 nitrogen and oxygen atoms in total. The minimum Gasteiger partial charge on any atom is -0.457 e. The van der Waals surface area contributed by atoms with Gasteiger partial charge in [-0.15, -0.1) is 0 Å². The Hall–Kier alpha value is -1.83. The predicted octanol–water partition coefficient (Wildman–Crippen LogP) is 3.75. The molecule has 0 amide bonds. The second-order valence-corrected chi connectivity index (χ2v) is 12.5. The van der Waals surface area contributed by atoms with Crippen LogP contribution in [0.2, 0.25) is 0 Å². The van der Waals surface area contributed by atoms with Crippen LogP contribution in [0.3, 0.4) is 0 Å². The topological polar surface area (TPSA) is 110 Å². The summed E-state index contributed by atoms with van der Waals surface area (Å²) in [6, 6.07) is 0. The Bertz CT molecular complexity index is 943. The summed E-state index contributed by atoms with van der Waals surface area (Å²) in [4.78, 5) is 42.6. The highest BCUT2D eigenvalue weighted by Crippen LogP contribution is 2.67. The third-order valence-electron chi connectivity index (χ3n) is 9.27. The molecule has 2 N–H and O–H groups in total. The summed E-state index contributed by atoms with van der Waals surface area (Å²) in [5.74, 6) is -0.917. The van der Waals surface area contributed by atoms with Gasteiger partial charge in [-0.3, -0.25) is 19.6 Å². The van der Waals surface area contributed by atoms with E-state index in [1.807, 2.05) is 13.0 Å². The highest BCUT2D eigenvalue weighted by Gasteiger charge is 2.65. The average molecular weight is 475 g/mol. The molecule has 0 spiro atoms. The van der Waals surface area contributed by atoms with Gasteiger partial charge in [0.15, 0.2) is 11.6 Å². The number of esters is 1. The van der Waals surface area contributed by atoms with Crippen molar-refractivity contribution in [1.29, 1.82) is 0 Å². The second kappa shape index (κ2) is 8.38. The van der Waals surface area contributed by atoms with Gasteiger partial charge in [0.25, 0.3) is 0 Å². The normalized spacial score (nSPS) is 43.5. The van der Waals surface area contributed by atoms with Crippen molar-refractivity contribution in [2.24, 2.45) is 45.8 Å². The van der Waals surface area contributed by atoms with Crippen molar-refractivity contribution in [3.63, 3.8) is 0 Å². The maximum absolute atomic E-state index is 13.4. The first kappa shape index (κ1) is 25.3. The van der Waals surface area contributed by atoms with E-state index in [0.717, 1.165) is 6.42 Å². The van der Waals surface area contributed by atoms with E-state index in [1.54, 1.807) is 20.8 Å². The molecule has 3 fully saturated rings. The number of rotatable bonds is 4. The van der Waals surface area contributed by atoms with Crippen LogP contribution >= 0.6 is 0 Å². The van der Waals surface area contributed by atoms with Crippen LogP contribution in [-0.4, -0.2) is 46.7 Å². The fourth-order valence-corrected chi connectivity index (χ4v) is 7.95. The van der Waals surface area contributed by atoms with Crippen LogP contribution in [0.25, 0.3) is 0 Å². The van der Waals surface area contributed by atoms with Gasteiger partial charge >= 0.3 is 5.97 Å². The van der Waals surface area contributed by atoms with E-state index in [-0.39, 0.29) is 47.8 Å². The molecule has 34 heavy (non-hydrogen) atoms. The molecule has 0 aliphatic heterocycles. The highest BCUT2D eigenvalue weighted by molar-refractivity contribution is 6.01. The molecule has 3 saturated carbocycles. The molecule has 4 aliphatic carbocycles. The van der Waals surface area contributed by atoms with Crippen LogP contribution in [0.4, 0.5) is 0 Å². The second-order valence-electron chi connectivity index (χ2n) is 12.5. The first-order chi connectivity index (χ1) is 15.7. The van der Waals surface area contributed by atoms with Crippen molar-refractivity contribution >= 4 is 17.5 Å². The lowest BCUT2D eigenvalue weighted by molar-refractivity contribution is -0.286. The number of ketones is 2. The minimum absolute atomic E-state index is 0.00303. The lowest BCUT2D eigenvalue weighted by Crippen LogP contribution is -2.59. The molecule has 0 aromatic heterocycles. The molecule has 9 atom stereocenters. The van der Waals surface area contributed by atoms with E-state index < -0.39 is 34.4 Å². The van der Waals surface area contributed by atoms with Gasteiger partial charge in [-0.2, -0.15) is 0 Å². The van der Waals surface area contributed by atoms with E-state index >= 15 is 0 Å². The van der Waals surface area contributed by atoms with E-state index in [1.165, 1.54) is 12.2 Å². The molecule has 4 aliphatic rings. The van der Waals surface area contributed by atoms with Crippen LogP contribution in [-0.2, 0) is 24.0 Å². The molecule has 0 bridgehead atoms. The Morgan fingerprint density at radius 1 is 1.21 bits per heavy atom. The largest absolute Gasteiger partial charge is 0.457 e. The molecule has 7 heteroatoms. The predicted molar refractivity (Wildman–Crippen MR) is 124 cm³/mol. The Morgan fingerprint density at radius 3 is 2.50 bits per heavy atom. The maximum Gasteiger partial charge on any atom is 0.311 e. The molecule has 4 rings (SSSR count). The van der Waals surface area contributed by atoms with E-state index in [0.29, 0.717) is 18.4 Å². The third kappa shape index (κ3) is 3.80. The summed E-state index contributed by atoms with van der Waals surface area (Å²) < 4.78 is 5.37. The Morgan fingerprint density at radius 2 is 1.88 bits per heavy atom. The number of carbonyl (C=O) groups excluding carboxylic acids is 3. The van der Waals surface area contributed by atoms with Crippen molar-refractivity contribution in [2.75, 3.05) is 6.61 Å². The zero-order valence-corrected chi connectivity index (χ0v) is 21.0. The zero-order valence-electron chi connectivity index (χ0n) is 21.0. The summed E-state index contributed by atoms with van der Waals surface area (Å²) in [5, 5.41) is 21.2. The third-order valence-corrected chi connectivity index (χ3v) is 9.27. The van der Waals surface area contributed by atoms with E-state index in [2.05, 4.69) is 13.8 Å². The summed E-state index contributed by atoms with van der Waals surface area (Å²) >= 11 is 0. The number of hydrogen-bond acceptors (Lipinski definition) is 7. The van der Waals surface area contributed by atoms with Crippen molar-refractivity contribution in [1.82, 2.24) is 0 Å². The highest BCUT2D eigenvalue weighted by atomic mass is 17.1. The van der Waals surface area contributed by atoms with Crippen LogP contribution in [0.15, 0.2) is 23.8 Å². The quantitative estimate of drug-likeness (QED) is 0.363. The van der Waals surface area contributed by atoms with Crippen molar-refractivity contribution in [3.8, 4) is 0 Å². The molecule has 188 valence electrons. The van der Waals surface area contributed by atoms with Crippen LogP contribution in [0.1, 0.15) is 60.8 Å². The zero-order chi connectivity index (χ0) is 25.2. The monoisotopic (exact) mass is 474 g/mol. The number of allylic oxidation sites excluding steroid dienone is 3. The number of Topliss-reactive ketones (excluding diaryl/α,β-unsaturated/α-hetero) is 1. The standard InChI is InChI=1S/C27H38O7/c1-14-9-17-16-11-21(34-32)18-10-15(28)7-8-26(18,5)23(16)19(29)12-27(17,6)22(14)20(30)13-33-24(31)25(2,3)4/h7-8,10,14,16-17,19,21-23,29,32H,9,11-13H2,1-6H3/t14-,16+,17+,19+,21-,22-,23-,26+,27+/m1/s1. The fourth-order valence-electron chi connectivity index (χ4n) is 7.95. The van der Waals surface area contributed by atoms with Gasteiger partial charge in [-0.05, 0) is 80.9 Å². The molecule has 0 saturated heterocycles. The number of carbonyl (C=O) groups is 3. The summed E-state index contributed by atoms with van der Waals surface area (Å²) in [5.41, 5.74) is -1.05. The van der Waals surface area contributed by atoms with Crippen molar-refractivity contribution in [2.45, 2.75) is 73.0 Å². The first-order valence-corrected chi connectivity index (χ1v) is 12.4. The minimum atomic E-state index is -0.685. The van der Waals surface area contributed by atoms with Gasteiger partial charge in [-0.25, -0.2) is 4.89 Å². The van der Waals surface area contributed by atoms with Gasteiger partial charge < -0.3 is 9.84 Å². The molecule has 0 unspecified atom stereocenters. The number of fused-ring (bicyclic) bond motifs is 5. The smallest absolute Gasteiger partial charge is 0.311 e.